The molecule has 0 saturated carbocycles. The third-order valence-electron chi connectivity index (χ3n) is 2.98. The highest BCUT2D eigenvalue weighted by atomic mass is 32.2. The maximum absolute atomic E-state index is 12.1. The Balaban J connectivity index is 2.20. The summed E-state index contributed by atoms with van der Waals surface area (Å²) in [7, 11) is -2.47. The molecule has 130 valence electrons. The lowest BCUT2D eigenvalue weighted by Gasteiger charge is -2.05. The summed E-state index contributed by atoms with van der Waals surface area (Å²) in [5.41, 5.74) is 0.294. The first-order valence-corrected chi connectivity index (χ1v) is 8.55. The Hall–Kier alpha value is -2.23. The van der Waals surface area contributed by atoms with Gasteiger partial charge in [0.1, 0.15) is 24.6 Å². The molecular weight excluding hydrogens is 336 g/mol. The zero-order valence-electron chi connectivity index (χ0n) is 13.3. The molecular formula is C15H18N2O6S. The van der Waals surface area contributed by atoms with Crippen molar-refractivity contribution in [2.24, 2.45) is 0 Å². The fraction of sp³-hybridized carbons (Fsp3) is 0.333. The second kappa shape index (κ2) is 8.04. The highest BCUT2D eigenvalue weighted by Crippen LogP contribution is 2.16. The third kappa shape index (κ3) is 4.40. The molecule has 1 heterocycles. The van der Waals surface area contributed by atoms with Crippen molar-refractivity contribution in [3.8, 4) is 0 Å². The molecule has 0 unspecified atom stereocenters. The fourth-order valence-corrected chi connectivity index (χ4v) is 2.83. The lowest BCUT2D eigenvalue weighted by Crippen LogP contribution is -2.11. The second-order valence-electron chi connectivity index (χ2n) is 4.70. The van der Waals surface area contributed by atoms with Crippen LogP contribution in [0.2, 0.25) is 0 Å². The van der Waals surface area contributed by atoms with E-state index in [9.17, 15) is 13.2 Å². The Morgan fingerprint density at radius 3 is 2.58 bits per heavy atom. The smallest absolute Gasteiger partial charge is 0.341 e. The molecule has 0 amide bonds. The molecule has 0 saturated heterocycles. The summed E-state index contributed by atoms with van der Waals surface area (Å²) in [5, 5.41) is 4.10. The van der Waals surface area contributed by atoms with Crippen LogP contribution in [0.3, 0.4) is 0 Å². The van der Waals surface area contributed by atoms with Gasteiger partial charge >= 0.3 is 5.97 Å². The summed E-state index contributed by atoms with van der Waals surface area (Å²) in [5.74, 6) is -0.601. The second-order valence-corrected chi connectivity index (χ2v) is 6.31. The number of aromatic nitrogens is 2. The molecule has 1 aromatic carbocycles. The van der Waals surface area contributed by atoms with E-state index in [4.69, 9.17) is 13.7 Å². The summed E-state index contributed by atoms with van der Waals surface area (Å²) < 4.78 is 40.5. The third-order valence-corrected chi connectivity index (χ3v) is 4.26. The van der Waals surface area contributed by atoms with Gasteiger partial charge < -0.3 is 9.47 Å². The van der Waals surface area contributed by atoms with Crippen LogP contribution < -0.4 is 0 Å². The molecule has 1 aromatic heterocycles. The molecule has 0 fully saturated rings. The summed E-state index contributed by atoms with van der Waals surface area (Å²) >= 11 is 0. The van der Waals surface area contributed by atoms with Crippen LogP contribution in [0.4, 0.5) is 0 Å². The quantitative estimate of drug-likeness (QED) is 0.524. The van der Waals surface area contributed by atoms with Crippen molar-refractivity contribution in [1.29, 1.82) is 0 Å². The van der Waals surface area contributed by atoms with Crippen molar-refractivity contribution in [1.82, 2.24) is 9.78 Å². The largest absolute Gasteiger partial charge is 0.462 e. The Labute approximate surface area is 140 Å². The van der Waals surface area contributed by atoms with Gasteiger partial charge in [-0.2, -0.15) is 13.5 Å². The number of methoxy groups -OCH3 is 1. The predicted octanol–water partition coefficient (Wildman–Crippen LogP) is 1.57. The molecule has 0 atom stereocenters. The van der Waals surface area contributed by atoms with E-state index < -0.39 is 16.1 Å². The Morgan fingerprint density at radius 1 is 1.25 bits per heavy atom. The van der Waals surface area contributed by atoms with Gasteiger partial charge in [0.25, 0.3) is 10.1 Å². The Morgan fingerprint density at radius 2 is 1.96 bits per heavy atom. The van der Waals surface area contributed by atoms with Gasteiger partial charge in [0.15, 0.2) is 0 Å². The topological polar surface area (TPSA) is 96.7 Å². The van der Waals surface area contributed by atoms with Crippen LogP contribution in [0.1, 0.15) is 23.0 Å². The van der Waals surface area contributed by atoms with Crippen molar-refractivity contribution in [2.75, 3.05) is 13.7 Å². The van der Waals surface area contributed by atoms with Gasteiger partial charge in [-0.15, -0.1) is 0 Å². The number of carbonyl (C=O) groups is 1. The number of carbonyl (C=O) groups excluding carboxylic acids is 1. The standard InChI is InChI=1S/C15H18N2O6S/c1-3-22-15(18)13-9-17(11-21-2)16-14(13)10-23-24(19,20)12-7-5-4-6-8-12/h4-9H,3,10-11H2,1-2H3. The Kier molecular flexibility index (Phi) is 6.07. The molecule has 9 heteroatoms. The molecule has 0 N–H and O–H groups in total. The highest BCUT2D eigenvalue weighted by molar-refractivity contribution is 7.86. The number of benzene rings is 1. The molecule has 0 bridgehead atoms. The zero-order valence-corrected chi connectivity index (χ0v) is 14.2. The minimum absolute atomic E-state index is 0.0269. The van der Waals surface area contributed by atoms with Crippen molar-refractivity contribution in [2.45, 2.75) is 25.2 Å². The van der Waals surface area contributed by atoms with Crippen LogP contribution in [0.5, 0.6) is 0 Å². The molecule has 0 aliphatic rings. The van der Waals surface area contributed by atoms with Crippen LogP contribution in [0, 0.1) is 0 Å². The predicted molar refractivity (Wildman–Crippen MR) is 83.6 cm³/mol. The van der Waals surface area contributed by atoms with E-state index in [1.807, 2.05) is 0 Å². The summed E-state index contributed by atoms with van der Waals surface area (Å²) in [6.45, 7) is 1.59. The summed E-state index contributed by atoms with van der Waals surface area (Å²) in [6.07, 6.45) is 1.43. The molecule has 0 aliphatic carbocycles. The van der Waals surface area contributed by atoms with Gasteiger partial charge in [0.05, 0.1) is 11.5 Å². The monoisotopic (exact) mass is 354 g/mol. The van der Waals surface area contributed by atoms with Crippen molar-refractivity contribution in [3.05, 3.63) is 47.8 Å². The van der Waals surface area contributed by atoms with E-state index in [1.165, 1.54) is 30.1 Å². The maximum atomic E-state index is 12.1. The summed E-state index contributed by atoms with van der Waals surface area (Å²) in [6, 6.07) is 7.72. The average Bonchev–Trinajstić information content (AvgIpc) is 2.98. The minimum atomic E-state index is -3.95. The first-order valence-electron chi connectivity index (χ1n) is 7.14. The molecule has 0 aliphatic heterocycles. The zero-order chi connectivity index (χ0) is 17.6. The normalized spacial score (nSPS) is 11.4. The van der Waals surface area contributed by atoms with Gasteiger partial charge in [-0.3, -0.25) is 4.18 Å². The number of ether oxygens (including phenoxy) is 2. The van der Waals surface area contributed by atoms with Gasteiger partial charge in [-0.1, -0.05) is 18.2 Å². The SMILES string of the molecule is CCOC(=O)c1cn(COC)nc1COS(=O)(=O)c1ccccc1. The van der Waals surface area contributed by atoms with Crippen molar-refractivity contribution >= 4 is 16.1 Å². The van der Waals surface area contributed by atoms with E-state index >= 15 is 0 Å². The lowest BCUT2D eigenvalue weighted by atomic mass is 10.2. The molecule has 0 spiro atoms. The molecule has 0 radical (unpaired) electrons. The van der Waals surface area contributed by atoms with Crippen LogP contribution in [-0.2, 0) is 37.1 Å². The van der Waals surface area contributed by atoms with Gasteiger partial charge in [0.2, 0.25) is 0 Å². The van der Waals surface area contributed by atoms with E-state index in [2.05, 4.69) is 5.10 Å². The van der Waals surface area contributed by atoms with E-state index in [0.717, 1.165) is 0 Å². The van der Waals surface area contributed by atoms with Gasteiger partial charge in [0, 0.05) is 13.3 Å². The number of rotatable bonds is 8. The maximum Gasteiger partial charge on any atom is 0.341 e. The van der Waals surface area contributed by atoms with E-state index in [-0.39, 0.29) is 36.1 Å². The molecule has 2 rings (SSSR count). The molecule has 2 aromatic rings. The average molecular weight is 354 g/mol. The Bertz CT molecular complexity index is 786. The summed E-state index contributed by atoms with van der Waals surface area (Å²) in [4.78, 5) is 12.0. The van der Waals surface area contributed by atoms with Crippen LogP contribution in [0.15, 0.2) is 41.4 Å². The fourth-order valence-electron chi connectivity index (χ4n) is 1.93. The van der Waals surface area contributed by atoms with Crippen LogP contribution in [-0.4, -0.2) is 37.9 Å². The van der Waals surface area contributed by atoms with Crippen LogP contribution >= 0.6 is 0 Å². The minimum Gasteiger partial charge on any atom is -0.462 e. The van der Waals surface area contributed by atoms with Gasteiger partial charge in [-0.05, 0) is 19.1 Å². The lowest BCUT2D eigenvalue weighted by molar-refractivity contribution is 0.0523. The first kappa shape index (κ1) is 18.1. The van der Waals surface area contributed by atoms with E-state index in [1.54, 1.807) is 25.1 Å². The first-order chi connectivity index (χ1) is 11.5. The highest BCUT2D eigenvalue weighted by Gasteiger charge is 2.21. The van der Waals surface area contributed by atoms with Crippen LogP contribution in [0.25, 0.3) is 0 Å². The number of esters is 1. The number of nitrogens with zero attached hydrogens (tertiary/aromatic N) is 2. The molecule has 8 nitrogen and oxygen atoms in total. The van der Waals surface area contributed by atoms with Gasteiger partial charge in [-0.25, -0.2) is 9.48 Å². The molecule has 24 heavy (non-hydrogen) atoms. The number of hydrogen-bond acceptors (Lipinski definition) is 7. The van der Waals surface area contributed by atoms with E-state index in [0.29, 0.717) is 0 Å². The van der Waals surface area contributed by atoms with Crippen molar-refractivity contribution in [3.63, 3.8) is 0 Å². The van der Waals surface area contributed by atoms with Crippen molar-refractivity contribution < 1.29 is 26.9 Å². The number of hydrogen-bond donors (Lipinski definition) is 0.